The van der Waals surface area contributed by atoms with E-state index >= 15 is 0 Å². The number of nitrogens with one attached hydrogen (secondary N) is 2. The van der Waals surface area contributed by atoms with Crippen molar-refractivity contribution < 1.29 is 18.0 Å². The first-order valence-corrected chi connectivity index (χ1v) is 9.02. The van der Waals surface area contributed by atoms with Gasteiger partial charge in [-0.3, -0.25) is 9.59 Å². The number of anilines is 1. The number of sulfonamides is 1. The van der Waals surface area contributed by atoms with E-state index in [-0.39, 0.29) is 22.6 Å². The standard InChI is InChI=1S/C16H25N3O4S/c1-10(2)15(17-12(4)20)16(21)18-14-9-13(8-7-11(14)3)24(22,23)19(5)6/h7-10,15H,1-6H3,(H,17,20)(H,18,21). The van der Waals surface area contributed by atoms with Gasteiger partial charge in [-0.15, -0.1) is 0 Å². The molecule has 0 aliphatic rings. The molecule has 24 heavy (non-hydrogen) atoms. The number of rotatable bonds is 6. The lowest BCUT2D eigenvalue weighted by Gasteiger charge is -2.22. The van der Waals surface area contributed by atoms with Crippen molar-refractivity contribution in [2.45, 2.75) is 38.6 Å². The Balaban J connectivity index is 3.14. The number of hydrogen-bond acceptors (Lipinski definition) is 4. The molecule has 1 unspecified atom stereocenters. The molecule has 1 rings (SSSR count). The van der Waals surface area contributed by atoms with Crippen molar-refractivity contribution in [2.24, 2.45) is 5.92 Å². The molecule has 0 radical (unpaired) electrons. The zero-order chi connectivity index (χ0) is 18.7. The largest absolute Gasteiger partial charge is 0.344 e. The normalized spacial score (nSPS) is 13.0. The van der Waals surface area contributed by atoms with E-state index in [1.807, 2.05) is 13.8 Å². The van der Waals surface area contributed by atoms with Crippen LogP contribution in [-0.2, 0) is 19.6 Å². The Morgan fingerprint density at radius 3 is 2.21 bits per heavy atom. The van der Waals surface area contributed by atoms with Gasteiger partial charge in [0.15, 0.2) is 0 Å². The topological polar surface area (TPSA) is 95.6 Å². The van der Waals surface area contributed by atoms with E-state index in [1.54, 1.807) is 13.0 Å². The van der Waals surface area contributed by atoms with Crippen molar-refractivity contribution >= 4 is 27.5 Å². The maximum atomic E-state index is 12.5. The highest BCUT2D eigenvalue weighted by Crippen LogP contribution is 2.22. The first-order valence-electron chi connectivity index (χ1n) is 7.58. The summed E-state index contributed by atoms with van der Waals surface area (Å²) in [5.41, 5.74) is 1.13. The molecule has 0 saturated heterocycles. The summed E-state index contributed by atoms with van der Waals surface area (Å²) in [4.78, 5) is 23.8. The Labute approximate surface area is 143 Å². The smallest absolute Gasteiger partial charge is 0.247 e. The SMILES string of the molecule is CC(=O)NC(C(=O)Nc1cc(S(=O)(=O)N(C)C)ccc1C)C(C)C. The average molecular weight is 355 g/mol. The van der Waals surface area contributed by atoms with Crippen LogP contribution in [0.4, 0.5) is 5.69 Å². The minimum atomic E-state index is -3.60. The molecular weight excluding hydrogens is 330 g/mol. The number of carbonyl (C=O) groups is 2. The summed E-state index contributed by atoms with van der Waals surface area (Å²) in [6.07, 6.45) is 0. The molecule has 0 saturated carbocycles. The van der Waals surface area contributed by atoms with Gasteiger partial charge in [-0.25, -0.2) is 12.7 Å². The number of carbonyl (C=O) groups excluding carboxylic acids is 2. The fourth-order valence-corrected chi connectivity index (χ4v) is 3.00. The van der Waals surface area contributed by atoms with Gasteiger partial charge in [0.2, 0.25) is 21.8 Å². The Morgan fingerprint density at radius 2 is 1.75 bits per heavy atom. The van der Waals surface area contributed by atoms with Gasteiger partial charge in [-0.1, -0.05) is 19.9 Å². The number of aryl methyl sites for hydroxylation is 1. The zero-order valence-electron chi connectivity index (χ0n) is 14.9. The van der Waals surface area contributed by atoms with E-state index in [9.17, 15) is 18.0 Å². The van der Waals surface area contributed by atoms with Gasteiger partial charge in [0.25, 0.3) is 0 Å². The first-order chi connectivity index (χ1) is 11.0. The summed E-state index contributed by atoms with van der Waals surface area (Å²) in [7, 11) is -0.708. The molecule has 2 amide bonds. The van der Waals surface area contributed by atoms with Crippen molar-refractivity contribution in [3.8, 4) is 0 Å². The predicted molar refractivity (Wildman–Crippen MR) is 93.1 cm³/mol. The van der Waals surface area contributed by atoms with Crippen molar-refractivity contribution in [1.82, 2.24) is 9.62 Å². The summed E-state index contributed by atoms with van der Waals surface area (Å²) in [5, 5.41) is 5.32. The molecule has 134 valence electrons. The van der Waals surface area contributed by atoms with E-state index in [0.29, 0.717) is 5.69 Å². The Kier molecular flexibility index (Phi) is 6.50. The highest BCUT2D eigenvalue weighted by molar-refractivity contribution is 7.89. The van der Waals surface area contributed by atoms with E-state index in [1.165, 1.54) is 33.2 Å². The highest BCUT2D eigenvalue weighted by atomic mass is 32.2. The molecule has 1 atom stereocenters. The average Bonchev–Trinajstić information content (AvgIpc) is 2.46. The fraction of sp³-hybridized carbons (Fsp3) is 0.500. The third-order valence-corrected chi connectivity index (χ3v) is 5.36. The molecule has 0 aliphatic heterocycles. The minimum Gasteiger partial charge on any atom is -0.344 e. The lowest BCUT2D eigenvalue weighted by atomic mass is 10.0. The number of benzene rings is 1. The van der Waals surface area contributed by atoms with Gasteiger partial charge in [-0.05, 0) is 30.5 Å². The second-order valence-electron chi connectivity index (χ2n) is 6.18. The molecule has 1 aromatic rings. The van der Waals surface area contributed by atoms with Gasteiger partial charge in [0, 0.05) is 26.7 Å². The van der Waals surface area contributed by atoms with Crippen molar-refractivity contribution in [1.29, 1.82) is 0 Å². The van der Waals surface area contributed by atoms with Crippen LogP contribution in [0, 0.1) is 12.8 Å². The highest BCUT2D eigenvalue weighted by Gasteiger charge is 2.24. The lowest BCUT2D eigenvalue weighted by Crippen LogP contribution is -2.46. The minimum absolute atomic E-state index is 0.0917. The third kappa shape index (κ3) is 4.78. The summed E-state index contributed by atoms with van der Waals surface area (Å²) in [6.45, 7) is 6.75. The molecule has 0 heterocycles. The maximum absolute atomic E-state index is 12.5. The molecule has 0 aromatic heterocycles. The van der Waals surface area contributed by atoms with Crippen LogP contribution in [0.1, 0.15) is 26.3 Å². The molecule has 0 bridgehead atoms. The Hall–Kier alpha value is -1.93. The van der Waals surface area contributed by atoms with Crippen LogP contribution < -0.4 is 10.6 Å². The quantitative estimate of drug-likeness (QED) is 0.805. The summed E-state index contributed by atoms with van der Waals surface area (Å²) in [5.74, 6) is -0.796. The molecule has 1 aromatic carbocycles. The Bertz CT molecular complexity index is 727. The number of nitrogens with zero attached hydrogens (tertiary/aromatic N) is 1. The van der Waals surface area contributed by atoms with Crippen molar-refractivity contribution in [2.75, 3.05) is 19.4 Å². The van der Waals surface area contributed by atoms with Crippen LogP contribution in [0.25, 0.3) is 0 Å². The molecule has 8 heteroatoms. The third-order valence-electron chi connectivity index (χ3n) is 3.55. The molecule has 0 spiro atoms. The number of amides is 2. The zero-order valence-corrected chi connectivity index (χ0v) is 15.7. The lowest BCUT2D eigenvalue weighted by molar-refractivity contribution is -0.126. The van der Waals surface area contributed by atoms with Gasteiger partial charge >= 0.3 is 0 Å². The number of hydrogen-bond donors (Lipinski definition) is 2. The summed E-state index contributed by atoms with van der Waals surface area (Å²) in [6, 6.07) is 3.85. The summed E-state index contributed by atoms with van der Waals surface area (Å²) >= 11 is 0. The molecule has 2 N–H and O–H groups in total. The van der Waals surface area contributed by atoms with Crippen LogP contribution in [0.5, 0.6) is 0 Å². The van der Waals surface area contributed by atoms with Crippen molar-refractivity contribution in [3.05, 3.63) is 23.8 Å². The van der Waals surface area contributed by atoms with Crippen molar-refractivity contribution in [3.63, 3.8) is 0 Å². The van der Waals surface area contributed by atoms with Gasteiger partial charge < -0.3 is 10.6 Å². The van der Waals surface area contributed by atoms with Crippen LogP contribution in [0.3, 0.4) is 0 Å². The molecule has 0 fully saturated rings. The van der Waals surface area contributed by atoms with E-state index in [2.05, 4.69) is 10.6 Å². The second-order valence-corrected chi connectivity index (χ2v) is 8.33. The summed E-state index contributed by atoms with van der Waals surface area (Å²) < 4.78 is 25.6. The van der Waals surface area contributed by atoms with E-state index in [0.717, 1.165) is 9.87 Å². The van der Waals surface area contributed by atoms with Gasteiger partial charge in [-0.2, -0.15) is 0 Å². The molecular formula is C16H25N3O4S. The van der Waals surface area contributed by atoms with Crippen LogP contribution in [-0.4, -0.2) is 44.7 Å². The van der Waals surface area contributed by atoms with Crippen LogP contribution in [0.15, 0.2) is 23.1 Å². The second kappa shape index (κ2) is 7.76. The Morgan fingerprint density at radius 1 is 1.17 bits per heavy atom. The van der Waals surface area contributed by atoms with Crippen LogP contribution in [0.2, 0.25) is 0 Å². The molecule has 7 nitrogen and oxygen atoms in total. The van der Waals surface area contributed by atoms with Gasteiger partial charge in [0.05, 0.1) is 4.90 Å². The first kappa shape index (κ1) is 20.1. The fourth-order valence-electron chi connectivity index (χ4n) is 2.07. The van der Waals surface area contributed by atoms with Gasteiger partial charge in [0.1, 0.15) is 6.04 Å². The van der Waals surface area contributed by atoms with Crippen LogP contribution >= 0.6 is 0 Å². The molecule has 0 aliphatic carbocycles. The van der Waals surface area contributed by atoms with E-state index in [4.69, 9.17) is 0 Å². The predicted octanol–water partition coefficient (Wildman–Crippen LogP) is 1.34. The maximum Gasteiger partial charge on any atom is 0.247 e. The van der Waals surface area contributed by atoms with E-state index < -0.39 is 16.1 Å². The monoisotopic (exact) mass is 355 g/mol.